The van der Waals surface area contributed by atoms with E-state index in [1.54, 1.807) is 0 Å². The van der Waals surface area contributed by atoms with Gasteiger partial charge in [-0.2, -0.15) is 0 Å². The third kappa shape index (κ3) is 6.68. The SMILES string of the molecule is CC(C)c1cc(-c2noc(C(=O)NCCF)c2I)c(OCc2ccccc2)cc1OCc1ccccc1. The summed E-state index contributed by atoms with van der Waals surface area (Å²) in [4.78, 5) is 12.4. The standard InChI is InChI=1S/C29H28FIN2O4/c1-19(2)22-15-23(27-26(31)28(37-33-27)29(34)32-14-13-30)25(36-18-21-11-7-4-8-12-21)16-24(22)35-17-20-9-5-3-6-10-20/h3-12,15-16,19H,13-14,17-18H2,1-2H3,(H,32,34). The number of aromatic nitrogens is 1. The molecule has 1 amide bonds. The maximum Gasteiger partial charge on any atom is 0.291 e. The van der Waals surface area contributed by atoms with Gasteiger partial charge >= 0.3 is 0 Å². The number of alkyl halides is 1. The van der Waals surface area contributed by atoms with Gasteiger partial charge in [0.15, 0.2) is 0 Å². The van der Waals surface area contributed by atoms with E-state index in [9.17, 15) is 9.18 Å². The van der Waals surface area contributed by atoms with Crippen LogP contribution in [0.25, 0.3) is 11.3 Å². The molecule has 0 radical (unpaired) electrons. The third-order valence-electron chi connectivity index (χ3n) is 5.69. The van der Waals surface area contributed by atoms with Gasteiger partial charge in [0.05, 0.1) is 3.57 Å². The van der Waals surface area contributed by atoms with E-state index in [2.05, 4.69) is 24.3 Å². The molecule has 1 aromatic heterocycles. The lowest BCUT2D eigenvalue weighted by molar-refractivity contribution is 0.0912. The summed E-state index contributed by atoms with van der Waals surface area (Å²) >= 11 is 2.03. The Labute approximate surface area is 229 Å². The zero-order valence-corrected chi connectivity index (χ0v) is 22.8. The first kappa shape index (κ1) is 26.7. The Kier molecular flexibility index (Phi) is 9.16. The van der Waals surface area contributed by atoms with Crippen LogP contribution in [-0.2, 0) is 13.2 Å². The lowest BCUT2D eigenvalue weighted by Gasteiger charge is -2.19. The molecule has 3 aromatic carbocycles. The summed E-state index contributed by atoms with van der Waals surface area (Å²) < 4.78 is 31.0. The fraction of sp³-hybridized carbons (Fsp3) is 0.241. The van der Waals surface area contributed by atoms with Crippen molar-refractivity contribution in [2.75, 3.05) is 13.2 Å². The second kappa shape index (κ2) is 12.7. The molecule has 0 aliphatic rings. The van der Waals surface area contributed by atoms with Gasteiger partial charge in [-0.1, -0.05) is 79.7 Å². The predicted molar refractivity (Wildman–Crippen MR) is 149 cm³/mol. The number of hydrogen-bond donors (Lipinski definition) is 1. The first-order valence-electron chi connectivity index (χ1n) is 12.0. The number of carbonyl (C=O) groups excluding carboxylic acids is 1. The Morgan fingerprint density at radius 3 is 2.14 bits per heavy atom. The highest BCUT2D eigenvalue weighted by atomic mass is 127. The highest BCUT2D eigenvalue weighted by molar-refractivity contribution is 14.1. The maximum atomic E-state index is 12.6. The third-order valence-corrected chi connectivity index (χ3v) is 6.69. The van der Waals surface area contributed by atoms with Crippen LogP contribution in [0.4, 0.5) is 4.39 Å². The molecule has 0 spiro atoms. The van der Waals surface area contributed by atoms with Gasteiger partial charge in [0.25, 0.3) is 5.91 Å². The Balaban J connectivity index is 1.73. The van der Waals surface area contributed by atoms with Crippen molar-refractivity contribution in [1.29, 1.82) is 0 Å². The average Bonchev–Trinajstić information content (AvgIpc) is 3.31. The van der Waals surface area contributed by atoms with Crippen LogP contribution in [0.15, 0.2) is 77.3 Å². The molecule has 6 nitrogen and oxygen atoms in total. The molecular formula is C29H28FIN2O4. The van der Waals surface area contributed by atoms with Crippen molar-refractivity contribution in [3.63, 3.8) is 0 Å². The number of nitrogens with one attached hydrogen (secondary N) is 1. The van der Waals surface area contributed by atoms with Crippen LogP contribution >= 0.6 is 22.6 Å². The van der Waals surface area contributed by atoms with Gasteiger partial charge in [0.1, 0.15) is 37.1 Å². The van der Waals surface area contributed by atoms with Gasteiger partial charge in [-0.3, -0.25) is 4.79 Å². The van der Waals surface area contributed by atoms with Crippen molar-refractivity contribution in [2.24, 2.45) is 0 Å². The normalized spacial score (nSPS) is 10.9. The van der Waals surface area contributed by atoms with E-state index in [0.717, 1.165) is 16.7 Å². The van der Waals surface area contributed by atoms with Crippen molar-refractivity contribution in [2.45, 2.75) is 33.0 Å². The van der Waals surface area contributed by atoms with Gasteiger partial charge in [-0.05, 0) is 51.3 Å². The minimum atomic E-state index is -0.664. The summed E-state index contributed by atoms with van der Waals surface area (Å²) in [5.74, 6) is 0.931. The smallest absolute Gasteiger partial charge is 0.291 e. The molecule has 4 rings (SSSR count). The quantitative estimate of drug-likeness (QED) is 0.186. The molecular weight excluding hydrogens is 586 g/mol. The molecule has 0 saturated heterocycles. The van der Waals surface area contributed by atoms with Crippen LogP contribution in [0.5, 0.6) is 11.5 Å². The van der Waals surface area contributed by atoms with Crippen molar-refractivity contribution in [3.8, 4) is 22.8 Å². The Morgan fingerprint density at radius 2 is 1.57 bits per heavy atom. The minimum Gasteiger partial charge on any atom is -0.488 e. The highest BCUT2D eigenvalue weighted by Gasteiger charge is 2.25. The zero-order valence-electron chi connectivity index (χ0n) is 20.7. The number of rotatable bonds is 11. The molecule has 1 N–H and O–H groups in total. The summed E-state index contributed by atoms with van der Waals surface area (Å²) in [7, 11) is 0. The Hall–Kier alpha value is -3.40. The van der Waals surface area contributed by atoms with Crippen LogP contribution in [0.3, 0.4) is 0 Å². The number of hydrogen-bond acceptors (Lipinski definition) is 5. The van der Waals surface area contributed by atoms with Crippen molar-refractivity contribution >= 4 is 28.5 Å². The molecule has 0 aliphatic heterocycles. The van der Waals surface area contributed by atoms with Crippen molar-refractivity contribution < 1.29 is 23.2 Å². The second-order valence-electron chi connectivity index (χ2n) is 8.71. The lowest BCUT2D eigenvalue weighted by atomic mass is 9.97. The number of amides is 1. The van der Waals surface area contributed by atoms with Crippen LogP contribution in [-0.4, -0.2) is 24.3 Å². The fourth-order valence-corrected chi connectivity index (χ4v) is 4.49. The zero-order chi connectivity index (χ0) is 26.2. The summed E-state index contributed by atoms with van der Waals surface area (Å²) in [5.41, 5.74) is 4.20. The molecule has 37 heavy (non-hydrogen) atoms. The van der Waals surface area contributed by atoms with Crippen LogP contribution in [0, 0.1) is 3.57 Å². The van der Waals surface area contributed by atoms with Gasteiger partial charge in [-0.25, -0.2) is 4.39 Å². The largest absolute Gasteiger partial charge is 0.488 e. The molecule has 0 fully saturated rings. The van der Waals surface area contributed by atoms with Crippen LogP contribution in [0.1, 0.15) is 47.0 Å². The van der Waals surface area contributed by atoms with Crippen LogP contribution < -0.4 is 14.8 Å². The average molecular weight is 614 g/mol. The lowest BCUT2D eigenvalue weighted by Crippen LogP contribution is -2.25. The van der Waals surface area contributed by atoms with Crippen LogP contribution in [0.2, 0.25) is 0 Å². The first-order valence-corrected chi connectivity index (χ1v) is 13.1. The number of ether oxygens (including phenoxy) is 2. The highest BCUT2D eigenvalue weighted by Crippen LogP contribution is 2.41. The molecule has 0 aliphatic carbocycles. The number of carbonyl (C=O) groups is 1. The number of halogens is 2. The monoisotopic (exact) mass is 614 g/mol. The van der Waals surface area contributed by atoms with E-state index in [1.165, 1.54) is 0 Å². The molecule has 0 bridgehead atoms. The summed E-state index contributed by atoms with van der Waals surface area (Å²) in [6, 6.07) is 23.7. The van der Waals surface area contributed by atoms with Gasteiger partial charge in [-0.15, -0.1) is 0 Å². The fourth-order valence-electron chi connectivity index (χ4n) is 3.76. The van der Waals surface area contributed by atoms with Crippen molar-refractivity contribution in [3.05, 3.63) is 98.8 Å². The maximum absolute atomic E-state index is 12.6. The van der Waals surface area contributed by atoms with E-state index in [-0.39, 0.29) is 18.2 Å². The molecule has 8 heteroatoms. The molecule has 192 valence electrons. The second-order valence-corrected chi connectivity index (χ2v) is 9.79. The van der Waals surface area contributed by atoms with E-state index in [4.69, 9.17) is 14.0 Å². The van der Waals surface area contributed by atoms with Gasteiger partial charge in [0, 0.05) is 18.2 Å². The summed E-state index contributed by atoms with van der Waals surface area (Å²) in [6.45, 7) is 4.17. The van der Waals surface area contributed by atoms with E-state index in [1.807, 2.05) is 95.4 Å². The Bertz CT molecular complexity index is 1330. The summed E-state index contributed by atoms with van der Waals surface area (Å²) in [5, 5.41) is 6.68. The topological polar surface area (TPSA) is 73.6 Å². The van der Waals surface area contributed by atoms with E-state index < -0.39 is 12.6 Å². The molecule has 0 saturated carbocycles. The molecule has 0 atom stereocenters. The molecule has 1 heterocycles. The number of nitrogens with zero attached hydrogens (tertiary/aromatic N) is 1. The van der Waals surface area contributed by atoms with Gasteiger partial charge in [0.2, 0.25) is 5.76 Å². The summed E-state index contributed by atoms with van der Waals surface area (Å²) in [6.07, 6.45) is 0. The first-order chi connectivity index (χ1) is 18.0. The van der Waals surface area contributed by atoms with Crippen molar-refractivity contribution in [1.82, 2.24) is 10.5 Å². The minimum absolute atomic E-state index is 0.0357. The molecule has 4 aromatic rings. The molecule has 0 unspecified atom stereocenters. The van der Waals surface area contributed by atoms with E-state index >= 15 is 0 Å². The Morgan fingerprint density at radius 1 is 0.973 bits per heavy atom. The van der Waals surface area contributed by atoms with Gasteiger partial charge < -0.3 is 19.3 Å². The predicted octanol–water partition coefficient (Wildman–Crippen LogP) is 6.93. The van der Waals surface area contributed by atoms with E-state index in [0.29, 0.717) is 39.5 Å². The number of benzene rings is 3.